The number of hydrogen-bond donors (Lipinski definition) is 1. The molecule has 7 heteroatoms. The van der Waals surface area contributed by atoms with Crippen LogP contribution < -0.4 is 9.62 Å². The zero-order chi connectivity index (χ0) is 20.9. The normalized spacial score (nSPS) is 11.1. The molecule has 0 fully saturated rings. The number of halogens is 1. The topological polar surface area (TPSA) is 66.5 Å². The van der Waals surface area contributed by atoms with Crippen LogP contribution in [0.3, 0.4) is 0 Å². The molecule has 3 rings (SSSR count). The summed E-state index contributed by atoms with van der Waals surface area (Å²) in [6, 6.07) is 22.0. The largest absolute Gasteiger partial charge is 0.324 e. The van der Waals surface area contributed by atoms with E-state index in [-0.39, 0.29) is 15.6 Å². The fraction of sp³-hybridized carbons (Fsp3) is 0.136. The van der Waals surface area contributed by atoms with Crippen molar-refractivity contribution in [2.45, 2.75) is 18.2 Å². The Kier molecular flexibility index (Phi) is 6.56. The Labute approximate surface area is 176 Å². The van der Waals surface area contributed by atoms with Crippen LogP contribution in [0.4, 0.5) is 11.4 Å². The molecule has 0 saturated heterocycles. The molecule has 0 aliphatic rings. The van der Waals surface area contributed by atoms with Crippen molar-refractivity contribution in [3.8, 4) is 0 Å². The summed E-state index contributed by atoms with van der Waals surface area (Å²) in [6.45, 7) is 1.58. The average molecular weight is 429 g/mol. The van der Waals surface area contributed by atoms with Gasteiger partial charge in [0.25, 0.3) is 10.0 Å². The van der Waals surface area contributed by atoms with Crippen LogP contribution in [0.1, 0.15) is 12.5 Å². The summed E-state index contributed by atoms with van der Waals surface area (Å²) in [6.07, 6.45) is 0.743. The molecule has 0 unspecified atom stereocenters. The van der Waals surface area contributed by atoms with Crippen molar-refractivity contribution in [3.05, 3.63) is 89.4 Å². The molecule has 1 amide bonds. The number of nitrogens with one attached hydrogen (secondary N) is 1. The van der Waals surface area contributed by atoms with Gasteiger partial charge in [-0.1, -0.05) is 67.1 Å². The van der Waals surface area contributed by atoms with Gasteiger partial charge >= 0.3 is 0 Å². The third-order valence-corrected chi connectivity index (χ3v) is 6.51. The second-order valence-electron chi connectivity index (χ2n) is 6.34. The van der Waals surface area contributed by atoms with E-state index in [1.54, 1.807) is 48.5 Å². The molecule has 150 valence electrons. The third kappa shape index (κ3) is 4.78. The van der Waals surface area contributed by atoms with Gasteiger partial charge in [-0.15, -0.1) is 0 Å². The summed E-state index contributed by atoms with van der Waals surface area (Å²) in [5.41, 5.74) is 1.88. The maximum atomic E-state index is 13.3. The quantitative estimate of drug-likeness (QED) is 0.591. The van der Waals surface area contributed by atoms with E-state index in [9.17, 15) is 13.2 Å². The number of para-hydroxylation sites is 2. The van der Waals surface area contributed by atoms with Gasteiger partial charge in [0.2, 0.25) is 5.91 Å². The Bertz CT molecular complexity index is 1100. The molecule has 3 aromatic rings. The molecule has 0 spiro atoms. The first-order valence-corrected chi connectivity index (χ1v) is 11.0. The molecule has 3 aromatic carbocycles. The van der Waals surface area contributed by atoms with Gasteiger partial charge in [-0.2, -0.15) is 0 Å². The van der Waals surface area contributed by atoms with Crippen molar-refractivity contribution in [2.24, 2.45) is 0 Å². The van der Waals surface area contributed by atoms with Gasteiger partial charge in [0.15, 0.2) is 0 Å². The Balaban J connectivity index is 1.96. The minimum absolute atomic E-state index is 0.0849. The minimum Gasteiger partial charge on any atom is -0.324 e. The fourth-order valence-electron chi connectivity index (χ4n) is 2.94. The summed E-state index contributed by atoms with van der Waals surface area (Å²) in [5, 5.41) is 3.06. The highest BCUT2D eigenvalue weighted by Crippen LogP contribution is 2.30. The van der Waals surface area contributed by atoms with Crippen molar-refractivity contribution in [1.29, 1.82) is 0 Å². The lowest BCUT2D eigenvalue weighted by molar-refractivity contribution is -0.114. The SMILES string of the molecule is CCc1ccccc1NC(=O)CN(c1ccccc1Cl)S(=O)(=O)c1ccccc1. The predicted molar refractivity (Wildman–Crippen MR) is 117 cm³/mol. The van der Waals surface area contributed by atoms with Crippen LogP contribution in [0.25, 0.3) is 0 Å². The van der Waals surface area contributed by atoms with E-state index in [0.717, 1.165) is 16.3 Å². The van der Waals surface area contributed by atoms with Gasteiger partial charge in [-0.25, -0.2) is 8.42 Å². The van der Waals surface area contributed by atoms with Crippen LogP contribution in [-0.4, -0.2) is 20.9 Å². The Morgan fingerprint density at radius 2 is 1.55 bits per heavy atom. The lowest BCUT2D eigenvalue weighted by Crippen LogP contribution is -2.38. The van der Waals surface area contributed by atoms with Crippen LogP contribution in [0.5, 0.6) is 0 Å². The molecule has 5 nitrogen and oxygen atoms in total. The Hall–Kier alpha value is -2.83. The fourth-order valence-corrected chi connectivity index (χ4v) is 4.69. The van der Waals surface area contributed by atoms with E-state index in [2.05, 4.69) is 5.32 Å². The molecule has 0 bridgehead atoms. The number of carbonyl (C=O) groups is 1. The van der Waals surface area contributed by atoms with Gasteiger partial charge in [-0.3, -0.25) is 9.10 Å². The lowest BCUT2D eigenvalue weighted by atomic mass is 10.1. The van der Waals surface area contributed by atoms with Gasteiger partial charge in [0, 0.05) is 5.69 Å². The van der Waals surface area contributed by atoms with E-state index in [4.69, 9.17) is 11.6 Å². The first kappa shape index (κ1) is 20.9. The second-order valence-corrected chi connectivity index (χ2v) is 8.60. The number of carbonyl (C=O) groups excluding carboxylic acids is 1. The van der Waals surface area contributed by atoms with Crippen LogP contribution in [0.2, 0.25) is 5.02 Å². The number of sulfonamides is 1. The standard InChI is InChI=1S/C22H21ClN2O3S/c1-2-17-10-6-8-14-20(17)24-22(26)16-25(21-15-9-7-13-19(21)23)29(27,28)18-11-4-3-5-12-18/h3-15H,2,16H2,1H3,(H,24,26). The Morgan fingerprint density at radius 3 is 2.24 bits per heavy atom. The number of benzene rings is 3. The van der Waals surface area contributed by atoms with Crippen LogP contribution in [0, 0.1) is 0 Å². The first-order chi connectivity index (χ1) is 13.9. The molecule has 0 radical (unpaired) electrons. The van der Waals surface area contributed by atoms with E-state index in [1.165, 1.54) is 12.1 Å². The molecule has 0 saturated carbocycles. The maximum Gasteiger partial charge on any atom is 0.264 e. The van der Waals surface area contributed by atoms with Crippen molar-refractivity contribution in [2.75, 3.05) is 16.2 Å². The van der Waals surface area contributed by atoms with Crippen LogP contribution in [-0.2, 0) is 21.2 Å². The number of hydrogen-bond acceptors (Lipinski definition) is 3. The van der Waals surface area contributed by atoms with E-state index < -0.39 is 22.5 Å². The van der Waals surface area contributed by atoms with Crippen molar-refractivity contribution in [3.63, 3.8) is 0 Å². The average Bonchev–Trinajstić information content (AvgIpc) is 2.73. The van der Waals surface area contributed by atoms with E-state index in [1.807, 2.05) is 25.1 Å². The zero-order valence-electron chi connectivity index (χ0n) is 15.9. The highest BCUT2D eigenvalue weighted by atomic mass is 35.5. The summed E-state index contributed by atoms with van der Waals surface area (Å²) in [5.74, 6) is -0.453. The van der Waals surface area contributed by atoms with Crippen molar-refractivity contribution in [1.82, 2.24) is 0 Å². The van der Waals surface area contributed by atoms with Crippen molar-refractivity contribution < 1.29 is 13.2 Å². The predicted octanol–water partition coefficient (Wildman–Crippen LogP) is 4.74. The third-order valence-electron chi connectivity index (χ3n) is 4.41. The zero-order valence-corrected chi connectivity index (χ0v) is 17.5. The lowest BCUT2D eigenvalue weighted by Gasteiger charge is -2.25. The van der Waals surface area contributed by atoms with E-state index >= 15 is 0 Å². The molecule has 1 N–H and O–H groups in total. The van der Waals surface area contributed by atoms with Crippen molar-refractivity contribution >= 4 is 38.9 Å². The molecule has 29 heavy (non-hydrogen) atoms. The molecule has 0 aliphatic heterocycles. The second kappa shape index (κ2) is 9.11. The minimum atomic E-state index is -3.99. The van der Waals surface area contributed by atoms with Gasteiger partial charge < -0.3 is 5.32 Å². The summed E-state index contributed by atoms with van der Waals surface area (Å²) in [4.78, 5) is 12.9. The van der Waals surface area contributed by atoms with Gasteiger partial charge in [-0.05, 0) is 42.3 Å². The molecular formula is C22H21ClN2O3S. The molecular weight excluding hydrogens is 408 g/mol. The van der Waals surface area contributed by atoms with Crippen LogP contribution in [0.15, 0.2) is 83.8 Å². The summed E-state index contributed by atoms with van der Waals surface area (Å²) < 4.78 is 27.6. The first-order valence-electron chi connectivity index (χ1n) is 9.13. The molecule has 0 heterocycles. The number of rotatable bonds is 7. The highest BCUT2D eigenvalue weighted by molar-refractivity contribution is 7.92. The number of amides is 1. The van der Waals surface area contributed by atoms with E-state index in [0.29, 0.717) is 5.69 Å². The smallest absolute Gasteiger partial charge is 0.264 e. The molecule has 0 aliphatic carbocycles. The number of anilines is 2. The van der Waals surface area contributed by atoms with Gasteiger partial charge in [0.1, 0.15) is 6.54 Å². The maximum absolute atomic E-state index is 13.3. The summed E-state index contributed by atoms with van der Waals surface area (Å²) >= 11 is 6.27. The number of aryl methyl sites for hydroxylation is 1. The summed E-state index contributed by atoms with van der Waals surface area (Å²) in [7, 11) is -3.99. The molecule has 0 atom stereocenters. The highest BCUT2D eigenvalue weighted by Gasteiger charge is 2.28. The Morgan fingerprint density at radius 1 is 0.931 bits per heavy atom. The van der Waals surface area contributed by atoms with Gasteiger partial charge in [0.05, 0.1) is 15.6 Å². The van der Waals surface area contributed by atoms with Crippen LogP contribution >= 0.6 is 11.6 Å². The monoisotopic (exact) mass is 428 g/mol. The number of nitrogens with zero attached hydrogens (tertiary/aromatic N) is 1. The molecule has 0 aromatic heterocycles.